The van der Waals surface area contributed by atoms with Crippen LogP contribution in [0.15, 0.2) is 61.3 Å². The minimum atomic E-state index is 0.111. The molecule has 35 heavy (non-hydrogen) atoms. The van der Waals surface area contributed by atoms with Gasteiger partial charge in [-0.25, -0.2) is 4.52 Å². The smallest absolute Gasteiger partial charge is 0.0999 e. The zero-order chi connectivity index (χ0) is 23.6. The van der Waals surface area contributed by atoms with Crippen molar-refractivity contribution < 1.29 is 0 Å². The number of aromatic nitrogens is 5. The van der Waals surface area contributed by atoms with E-state index in [2.05, 4.69) is 62.4 Å². The monoisotopic (exact) mass is 463 g/mol. The summed E-state index contributed by atoms with van der Waals surface area (Å²) >= 11 is 0. The number of rotatable bonds is 6. The van der Waals surface area contributed by atoms with Crippen molar-refractivity contribution >= 4 is 11.1 Å². The second kappa shape index (κ2) is 9.47. The van der Waals surface area contributed by atoms with E-state index in [1.165, 1.54) is 31.5 Å². The van der Waals surface area contributed by atoms with Crippen LogP contribution < -0.4 is 0 Å². The van der Waals surface area contributed by atoms with Crippen LogP contribution in [0.1, 0.15) is 37.8 Å². The lowest BCUT2D eigenvalue weighted by Gasteiger charge is -2.17. The Kier molecular flexibility index (Phi) is 5.89. The van der Waals surface area contributed by atoms with E-state index in [9.17, 15) is 5.26 Å². The first-order valence-electron chi connectivity index (χ1n) is 12.6. The molecule has 0 N–H and O–H groups in total. The van der Waals surface area contributed by atoms with Crippen molar-refractivity contribution in [2.75, 3.05) is 19.6 Å². The molecule has 0 radical (unpaired) electrons. The average Bonchev–Trinajstić information content (AvgIpc) is 3.68. The third-order valence-corrected chi connectivity index (χ3v) is 7.34. The number of fused-ring (bicyclic) bond motifs is 1. The highest BCUT2D eigenvalue weighted by Gasteiger charge is 2.20. The molecule has 176 valence electrons. The quantitative estimate of drug-likeness (QED) is 0.399. The summed E-state index contributed by atoms with van der Waals surface area (Å²) in [7, 11) is 0. The summed E-state index contributed by atoms with van der Waals surface area (Å²) < 4.78 is 3.97. The van der Waals surface area contributed by atoms with E-state index in [1.807, 2.05) is 23.1 Å². The zero-order valence-electron chi connectivity index (χ0n) is 19.8. The van der Waals surface area contributed by atoms with E-state index in [0.717, 1.165) is 65.8 Å². The van der Waals surface area contributed by atoms with Crippen LogP contribution in [-0.2, 0) is 6.54 Å². The fourth-order valence-corrected chi connectivity index (χ4v) is 5.28. The van der Waals surface area contributed by atoms with Gasteiger partial charge >= 0.3 is 0 Å². The van der Waals surface area contributed by atoms with Gasteiger partial charge < -0.3 is 4.90 Å². The Morgan fingerprint density at radius 1 is 0.971 bits per heavy atom. The molecule has 0 amide bonds. The Hall–Kier alpha value is -3.76. The average molecular weight is 464 g/mol. The second-order valence-electron chi connectivity index (χ2n) is 9.58. The van der Waals surface area contributed by atoms with Crippen LogP contribution in [0.25, 0.3) is 33.3 Å². The minimum Gasteiger partial charge on any atom is -0.301 e. The largest absolute Gasteiger partial charge is 0.301 e. The molecule has 1 saturated heterocycles. The van der Waals surface area contributed by atoms with Gasteiger partial charge in [0.25, 0.3) is 0 Å². The Labute approximate surface area is 205 Å². The predicted molar refractivity (Wildman–Crippen MR) is 136 cm³/mol. The standard InChI is InChI=1S/C28H29N7/c29-17-21-3-5-24(6-4-21)27-28-26(19-32-35(28)14-11-30-27)23-9-7-22(8-10-23)25-18-31-34(20-25)16-15-33-12-1-2-13-33/h5,7-11,14,18-21H,1-4,6,12-13,15-16H2. The van der Waals surface area contributed by atoms with Crippen molar-refractivity contribution in [2.24, 2.45) is 5.92 Å². The molecule has 4 heterocycles. The number of benzene rings is 1. The number of hydrogen-bond donors (Lipinski definition) is 0. The zero-order valence-corrected chi connectivity index (χ0v) is 19.8. The predicted octanol–water partition coefficient (Wildman–Crippen LogP) is 5.06. The lowest BCUT2D eigenvalue weighted by molar-refractivity contribution is 0.316. The van der Waals surface area contributed by atoms with Gasteiger partial charge in [0.1, 0.15) is 0 Å². The molecule has 1 aliphatic heterocycles. The molecule has 7 nitrogen and oxygen atoms in total. The molecule has 0 spiro atoms. The summed E-state index contributed by atoms with van der Waals surface area (Å²) in [6, 6.07) is 11.0. The minimum absolute atomic E-state index is 0.111. The van der Waals surface area contributed by atoms with Crippen molar-refractivity contribution in [1.82, 2.24) is 29.3 Å². The van der Waals surface area contributed by atoms with E-state index in [4.69, 9.17) is 4.98 Å². The van der Waals surface area contributed by atoms with E-state index >= 15 is 0 Å². The number of allylic oxidation sites excluding steroid dienone is 2. The van der Waals surface area contributed by atoms with Gasteiger partial charge in [0.15, 0.2) is 0 Å². The van der Waals surface area contributed by atoms with E-state index in [1.54, 1.807) is 6.20 Å². The Morgan fingerprint density at radius 3 is 2.57 bits per heavy atom. The Bertz CT molecular complexity index is 1400. The summed E-state index contributed by atoms with van der Waals surface area (Å²) in [6.45, 7) is 4.43. The van der Waals surface area contributed by atoms with Gasteiger partial charge in [0, 0.05) is 36.3 Å². The van der Waals surface area contributed by atoms with E-state index < -0.39 is 0 Å². The van der Waals surface area contributed by atoms with Crippen molar-refractivity contribution in [1.29, 1.82) is 5.26 Å². The Morgan fingerprint density at radius 2 is 1.80 bits per heavy atom. The molecule has 1 aromatic carbocycles. The van der Waals surface area contributed by atoms with Gasteiger partial charge in [0.05, 0.1) is 42.1 Å². The van der Waals surface area contributed by atoms with Gasteiger partial charge in [-0.2, -0.15) is 15.5 Å². The van der Waals surface area contributed by atoms with E-state index in [0.29, 0.717) is 0 Å². The van der Waals surface area contributed by atoms with Crippen LogP contribution >= 0.6 is 0 Å². The SMILES string of the molecule is N#CC1CC=C(c2nccn3ncc(-c4ccc(-c5cnn(CCN6CCCC6)c5)cc4)c23)CC1. The topological polar surface area (TPSA) is 75.0 Å². The molecule has 1 aliphatic carbocycles. The molecule has 1 atom stereocenters. The molecule has 0 bridgehead atoms. The fraction of sp³-hybridized carbons (Fsp3) is 0.357. The first-order valence-corrected chi connectivity index (χ1v) is 12.6. The van der Waals surface area contributed by atoms with Gasteiger partial charge in [-0.15, -0.1) is 0 Å². The molecule has 4 aromatic rings. The summed E-state index contributed by atoms with van der Waals surface area (Å²) in [5, 5.41) is 18.4. The normalized spacial score (nSPS) is 18.6. The lowest BCUT2D eigenvalue weighted by Crippen LogP contribution is -2.24. The van der Waals surface area contributed by atoms with Crippen molar-refractivity contribution in [3.8, 4) is 28.3 Å². The number of hydrogen-bond acceptors (Lipinski definition) is 5. The molecule has 1 unspecified atom stereocenters. The van der Waals surface area contributed by atoms with Crippen molar-refractivity contribution in [3.63, 3.8) is 0 Å². The summed E-state index contributed by atoms with van der Waals surface area (Å²) in [4.78, 5) is 7.24. The summed E-state index contributed by atoms with van der Waals surface area (Å²) in [6.07, 6.45) is 17.1. The van der Waals surface area contributed by atoms with E-state index in [-0.39, 0.29) is 5.92 Å². The third kappa shape index (κ3) is 4.38. The van der Waals surface area contributed by atoms with Crippen LogP contribution in [0, 0.1) is 17.2 Å². The van der Waals surface area contributed by atoms with Crippen LogP contribution in [0.3, 0.4) is 0 Å². The molecule has 1 fully saturated rings. The van der Waals surface area contributed by atoms with Gasteiger partial charge in [-0.1, -0.05) is 30.3 Å². The highest BCUT2D eigenvalue weighted by Crippen LogP contribution is 2.35. The molecule has 3 aromatic heterocycles. The van der Waals surface area contributed by atoms with Crippen molar-refractivity contribution in [2.45, 2.75) is 38.6 Å². The van der Waals surface area contributed by atoms with Gasteiger partial charge in [-0.3, -0.25) is 9.67 Å². The number of nitrogens with zero attached hydrogens (tertiary/aromatic N) is 7. The van der Waals surface area contributed by atoms with Crippen LogP contribution in [0.2, 0.25) is 0 Å². The molecule has 7 heteroatoms. The number of nitriles is 1. The molecule has 2 aliphatic rings. The van der Waals surface area contributed by atoms with Crippen LogP contribution in [-0.4, -0.2) is 48.9 Å². The summed E-state index contributed by atoms with van der Waals surface area (Å²) in [5.74, 6) is 0.111. The lowest BCUT2D eigenvalue weighted by atomic mass is 9.88. The molecular weight excluding hydrogens is 434 g/mol. The Balaban J connectivity index is 1.25. The third-order valence-electron chi connectivity index (χ3n) is 7.34. The van der Waals surface area contributed by atoms with Crippen LogP contribution in [0.4, 0.5) is 0 Å². The number of likely N-dealkylation sites (tertiary alicyclic amines) is 1. The molecule has 6 rings (SSSR count). The highest BCUT2D eigenvalue weighted by molar-refractivity contribution is 5.89. The fourth-order valence-electron chi connectivity index (χ4n) is 5.28. The molecular formula is C28H29N7. The maximum atomic E-state index is 9.24. The highest BCUT2D eigenvalue weighted by atomic mass is 15.3. The maximum absolute atomic E-state index is 9.24. The first-order chi connectivity index (χ1) is 17.3. The van der Waals surface area contributed by atoms with Gasteiger partial charge in [0.2, 0.25) is 0 Å². The van der Waals surface area contributed by atoms with Crippen molar-refractivity contribution in [3.05, 3.63) is 67.0 Å². The maximum Gasteiger partial charge on any atom is 0.0999 e. The van der Waals surface area contributed by atoms with Gasteiger partial charge in [-0.05, 0) is 61.9 Å². The molecule has 0 saturated carbocycles. The summed E-state index contributed by atoms with van der Waals surface area (Å²) in [5.41, 5.74) is 7.70. The second-order valence-corrected chi connectivity index (χ2v) is 9.58. The van der Waals surface area contributed by atoms with Crippen LogP contribution in [0.5, 0.6) is 0 Å². The first kappa shape index (κ1) is 21.8.